The van der Waals surface area contributed by atoms with Crippen molar-refractivity contribution < 1.29 is 9.66 Å². The van der Waals surface area contributed by atoms with Crippen LogP contribution in [0.4, 0.5) is 0 Å². The van der Waals surface area contributed by atoms with E-state index < -0.39 is 0 Å². The van der Waals surface area contributed by atoms with Gasteiger partial charge in [0.25, 0.3) is 0 Å². The molecule has 4 heteroatoms. The van der Waals surface area contributed by atoms with Gasteiger partial charge in [0.05, 0.1) is 11.5 Å². The molecule has 0 saturated carbocycles. The highest BCUT2D eigenvalue weighted by Crippen LogP contribution is 2.16. The summed E-state index contributed by atoms with van der Waals surface area (Å²) >= 11 is 0. The minimum atomic E-state index is -0.342. The van der Waals surface area contributed by atoms with Gasteiger partial charge in [0.15, 0.2) is 0 Å². The minimum absolute atomic E-state index is 0.217. The lowest BCUT2D eigenvalue weighted by Crippen LogP contribution is -1.97. The van der Waals surface area contributed by atoms with Crippen molar-refractivity contribution in [2.75, 3.05) is 6.61 Å². The number of hydrogen-bond acceptors (Lipinski definition) is 3. The number of nitrogens with zero attached hydrogens (tertiary/aromatic N) is 1. The van der Waals surface area contributed by atoms with Gasteiger partial charge in [0.1, 0.15) is 5.75 Å². The van der Waals surface area contributed by atoms with E-state index in [2.05, 4.69) is 6.92 Å². The number of ether oxygens (including phenoxy) is 1. The lowest BCUT2D eigenvalue weighted by molar-refractivity contribution is -0.425. The third-order valence-corrected chi connectivity index (χ3v) is 2.58. The first-order chi connectivity index (χ1) is 8.67. The maximum atomic E-state index is 10.7. The van der Waals surface area contributed by atoms with E-state index in [1.165, 1.54) is 0 Å². The Morgan fingerprint density at radius 3 is 2.50 bits per heavy atom. The molecule has 0 aliphatic carbocycles. The van der Waals surface area contributed by atoms with Crippen molar-refractivity contribution in [3.8, 4) is 5.75 Å². The fourth-order valence-electron chi connectivity index (χ4n) is 1.47. The molecule has 1 aromatic rings. The molecule has 1 aromatic carbocycles. The second kappa shape index (κ2) is 7.48. The lowest BCUT2D eigenvalue weighted by Gasteiger charge is -2.05. The second-order valence-electron chi connectivity index (χ2n) is 4.02. The molecule has 0 atom stereocenters. The van der Waals surface area contributed by atoms with Crippen LogP contribution in [-0.4, -0.2) is 11.5 Å². The number of benzene rings is 1. The second-order valence-corrected chi connectivity index (χ2v) is 4.02. The van der Waals surface area contributed by atoms with E-state index in [1.54, 1.807) is 13.0 Å². The van der Waals surface area contributed by atoms with Crippen LogP contribution in [0.1, 0.15) is 38.7 Å². The molecule has 0 aliphatic rings. The molecule has 0 aromatic heterocycles. The smallest absolute Gasteiger partial charge is 0.246 e. The topological polar surface area (TPSA) is 52.4 Å². The van der Waals surface area contributed by atoms with Gasteiger partial charge < -0.3 is 4.74 Å². The maximum Gasteiger partial charge on any atom is 0.246 e. The normalized spacial score (nSPS) is 11.3. The molecule has 0 N–H and O–H groups in total. The Kier molecular flexibility index (Phi) is 5.91. The molecule has 98 valence electrons. The SMILES string of the molecule is CCCCOc1ccc(/C=C(/CC)[N+](=O)[O-])cc1. The first-order valence-corrected chi connectivity index (χ1v) is 6.25. The van der Waals surface area contributed by atoms with Crippen LogP contribution in [0.5, 0.6) is 5.75 Å². The summed E-state index contributed by atoms with van der Waals surface area (Å²) in [5, 5.41) is 10.7. The Morgan fingerprint density at radius 1 is 1.33 bits per heavy atom. The lowest BCUT2D eigenvalue weighted by atomic mass is 10.1. The minimum Gasteiger partial charge on any atom is -0.494 e. The van der Waals surface area contributed by atoms with Gasteiger partial charge in [0.2, 0.25) is 5.70 Å². The molecular formula is C14H19NO3. The standard InChI is InChI=1S/C14H19NO3/c1-3-5-10-18-14-8-6-12(7-9-14)11-13(4-2)15(16)17/h6-9,11H,3-5,10H2,1-2H3/b13-11-. The van der Waals surface area contributed by atoms with E-state index in [-0.39, 0.29) is 10.6 Å². The van der Waals surface area contributed by atoms with Crippen LogP contribution in [0.3, 0.4) is 0 Å². The quantitative estimate of drug-likeness (QED) is 0.418. The molecule has 0 bridgehead atoms. The van der Waals surface area contributed by atoms with Gasteiger partial charge in [-0.3, -0.25) is 10.1 Å². The van der Waals surface area contributed by atoms with Crippen molar-refractivity contribution >= 4 is 6.08 Å². The van der Waals surface area contributed by atoms with Crippen molar-refractivity contribution in [2.24, 2.45) is 0 Å². The Labute approximate surface area is 107 Å². The van der Waals surface area contributed by atoms with Crippen molar-refractivity contribution in [3.05, 3.63) is 45.6 Å². The third kappa shape index (κ3) is 4.57. The fourth-order valence-corrected chi connectivity index (χ4v) is 1.47. The number of hydrogen-bond donors (Lipinski definition) is 0. The Hall–Kier alpha value is -1.84. The highest BCUT2D eigenvalue weighted by molar-refractivity contribution is 5.52. The van der Waals surface area contributed by atoms with Crippen LogP contribution < -0.4 is 4.74 Å². The van der Waals surface area contributed by atoms with Crippen molar-refractivity contribution in [2.45, 2.75) is 33.1 Å². The molecule has 0 unspecified atom stereocenters. The van der Waals surface area contributed by atoms with Crippen LogP contribution in [0, 0.1) is 10.1 Å². The number of nitro groups is 1. The van der Waals surface area contributed by atoms with Crippen molar-refractivity contribution in [1.29, 1.82) is 0 Å². The predicted molar refractivity (Wildman–Crippen MR) is 72.1 cm³/mol. The summed E-state index contributed by atoms with van der Waals surface area (Å²) in [6.07, 6.45) is 4.14. The Morgan fingerprint density at radius 2 is 2.00 bits per heavy atom. The van der Waals surface area contributed by atoms with Crippen LogP contribution in [0.2, 0.25) is 0 Å². The zero-order chi connectivity index (χ0) is 13.4. The first kappa shape index (κ1) is 14.2. The van der Waals surface area contributed by atoms with E-state index in [0.29, 0.717) is 13.0 Å². The van der Waals surface area contributed by atoms with Crippen LogP contribution in [0.15, 0.2) is 30.0 Å². The largest absolute Gasteiger partial charge is 0.494 e. The van der Waals surface area contributed by atoms with Gasteiger partial charge in [-0.05, 0) is 24.1 Å². The van der Waals surface area contributed by atoms with Gasteiger partial charge in [-0.15, -0.1) is 0 Å². The maximum absolute atomic E-state index is 10.7. The summed E-state index contributed by atoms with van der Waals surface area (Å²) in [5.74, 6) is 0.805. The monoisotopic (exact) mass is 249 g/mol. The van der Waals surface area contributed by atoms with Crippen molar-refractivity contribution in [3.63, 3.8) is 0 Å². The van der Waals surface area contributed by atoms with E-state index in [4.69, 9.17) is 4.74 Å². The van der Waals surface area contributed by atoms with Crippen LogP contribution in [-0.2, 0) is 0 Å². The Balaban J connectivity index is 2.67. The number of allylic oxidation sites excluding steroid dienone is 1. The van der Waals surface area contributed by atoms with Gasteiger partial charge >= 0.3 is 0 Å². The van der Waals surface area contributed by atoms with Gasteiger partial charge in [-0.25, -0.2) is 0 Å². The van der Waals surface area contributed by atoms with Gasteiger partial charge in [0, 0.05) is 12.5 Å². The van der Waals surface area contributed by atoms with E-state index in [1.807, 2.05) is 24.3 Å². The summed E-state index contributed by atoms with van der Waals surface area (Å²) in [7, 11) is 0. The molecule has 0 saturated heterocycles. The Bertz CT molecular complexity index is 410. The van der Waals surface area contributed by atoms with Gasteiger partial charge in [-0.1, -0.05) is 32.4 Å². The zero-order valence-electron chi connectivity index (χ0n) is 10.9. The van der Waals surface area contributed by atoms with E-state index >= 15 is 0 Å². The van der Waals surface area contributed by atoms with E-state index in [9.17, 15) is 10.1 Å². The highest BCUT2D eigenvalue weighted by Gasteiger charge is 2.06. The van der Waals surface area contributed by atoms with Crippen LogP contribution >= 0.6 is 0 Å². The fraction of sp³-hybridized carbons (Fsp3) is 0.429. The molecule has 0 heterocycles. The molecule has 0 radical (unpaired) electrons. The summed E-state index contributed by atoms with van der Waals surface area (Å²) in [4.78, 5) is 10.3. The molecule has 0 fully saturated rings. The predicted octanol–water partition coefficient (Wildman–Crippen LogP) is 3.89. The molecular weight excluding hydrogens is 230 g/mol. The molecule has 0 amide bonds. The van der Waals surface area contributed by atoms with Gasteiger partial charge in [-0.2, -0.15) is 0 Å². The average Bonchev–Trinajstić information content (AvgIpc) is 2.37. The summed E-state index contributed by atoms with van der Waals surface area (Å²) in [6, 6.07) is 7.35. The summed E-state index contributed by atoms with van der Waals surface area (Å²) in [6.45, 7) is 4.60. The molecule has 0 spiro atoms. The molecule has 1 rings (SSSR count). The first-order valence-electron chi connectivity index (χ1n) is 6.25. The average molecular weight is 249 g/mol. The third-order valence-electron chi connectivity index (χ3n) is 2.58. The molecule has 18 heavy (non-hydrogen) atoms. The molecule has 4 nitrogen and oxygen atoms in total. The summed E-state index contributed by atoms with van der Waals surface area (Å²) in [5.41, 5.74) is 1.04. The molecule has 0 aliphatic heterocycles. The number of unbranched alkanes of at least 4 members (excludes halogenated alkanes) is 1. The highest BCUT2D eigenvalue weighted by atomic mass is 16.6. The van der Waals surface area contributed by atoms with Crippen LogP contribution in [0.25, 0.3) is 6.08 Å². The summed E-state index contributed by atoms with van der Waals surface area (Å²) < 4.78 is 5.53. The van der Waals surface area contributed by atoms with E-state index in [0.717, 1.165) is 24.2 Å². The zero-order valence-corrected chi connectivity index (χ0v) is 10.9. The number of rotatable bonds is 7. The van der Waals surface area contributed by atoms with Crippen molar-refractivity contribution in [1.82, 2.24) is 0 Å².